The van der Waals surface area contributed by atoms with Crippen LogP contribution in [0.1, 0.15) is 36.1 Å². The zero-order valence-corrected chi connectivity index (χ0v) is 16.1. The highest BCUT2D eigenvalue weighted by molar-refractivity contribution is 7.18. The Balaban J connectivity index is 0.00000225. The molecule has 0 aliphatic heterocycles. The monoisotopic (exact) mass is 384 g/mol. The first-order valence-corrected chi connectivity index (χ1v) is 9.43. The summed E-state index contributed by atoms with van der Waals surface area (Å²) in [7, 11) is 1.89. The van der Waals surface area contributed by atoms with Crippen molar-refractivity contribution in [1.82, 2.24) is 20.2 Å². The van der Waals surface area contributed by atoms with Crippen molar-refractivity contribution in [2.75, 3.05) is 20.1 Å². The van der Waals surface area contributed by atoms with Crippen LogP contribution in [0.15, 0.2) is 11.1 Å². The summed E-state index contributed by atoms with van der Waals surface area (Å²) in [5.74, 6) is -0.0227. The van der Waals surface area contributed by atoms with Crippen molar-refractivity contribution in [3.05, 3.63) is 27.1 Å². The standard InChI is InChI=1S/C17H24N4O2S.ClH/c1-18-8-4-9-19-14(22)7-10-21-11-20-16-15(17(21)23)12-5-2-3-6-13(12)24-16;/h11,18H,2-10H2,1H3,(H,19,22);1H. The first-order chi connectivity index (χ1) is 11.7. The molecule has 0 bridgehead atoms. The lowest BCUT2D eigenvalue weighted by molar-refractivity contribution is -0.121. The number of hydrogen-bond donors (Lipinski definition) is 2. The summed E-state index contributed by atoms with van der Waals surface area (Å²) in [5.41, 5.74) is 1.20. The molecule has 25 heavy (non-hydrogen) atoms. The molecule has 6 nitrogen and oxygen atoms in total. The van der Waals surface area contributed by atoms with Gasteiger partial charge in [0.25, 0.3) is 5.56 Å². The predicted molar refractivity (Wildman–Crippen MR) is 104 cm³/mol. The number of fused-ring (bicyclic) bond motifs is 3. The van der Waals surface area contributed by atoms with E-state index >= 15 is 0 Å². The highest BCUT2D eigenvalue weighted by atomic mass is 35.5. The van der Waals surface area contributed by atoms with Gasteiger partial charge in [0.1, 0.15) is 4.83 Å². The van der Waals surface area contributed by atoms with Gasteiger partial charge in [0.15, 0.2) is 0 Å². The summed E-state index contributed by atoms with van der Waals surface area (Å²) in [6.07, 6.45) is 7.16. The second-order valence-corrected chi connectivity index (χ2v) is 7.27. The summed E-state index contributed by atoms with van der Waals surface area (Å²) in [6.45, 7) is 1.91. The van der Waals surface area contributed by atoms with Gasteiger partial charge >= 0.3 is 0 Å². The van der Waals surface area contributed by atoms with E-state index in [2.05, 4.69) is 15.6 Å². The van der Waals surface area contributed by atoms with Crippen LogP contribution < -0.4 is 16.2 Å². The van der Waals surface area contributed by atoms with Crippen LogP contribution in [0, 0.1) is 0 Å². The number of carbonyl (C=O) groups excluding carboxylic acids is 1. The van der Waals surface area contributed by atoms with E-state index in [1.54, 1.807) is 22.2 Å². The highest BCUT2D eigenvalue weighted by Gasteiger charge is 2.19. The lowest BCUT2D eigenvalue weighted by atomic mass is 9.97. The molecule has 3 rings (SSSR count). The maximum atomic E-state index is 12.8. The average molecular weight is 385 g/mol. The maximum absolute atomic E-state index is 12.8. The molecule has 0 saturated heterocycles. The van der Waals surface area contributed by atoms with E-state index in [4.69, 9.17) is 0 Å². The molecule has 0 radical (unpaired) electrons. The lowest BCUT2D eigenvalue weighted by Crippen LogP contribution is -2.29. The largest absolute Gasteiger partial charge is 0.356 e. The molecule has 1 aliphatic carbocycles. The second kappa shape index (κ2) is 9.31. The van der Waals surface area contributed by atoms with Crippen LogP contribution in [0.4, 0.5) is 0 Å². The average Bonchev–Trinajstić information content (AvgIpc) is 2.97. The third kappa shape index (κ3) is 4.59. The molecule has 2 aromatic heterocycles. The Labute approximate surface area is 157 Å². The predicted octanol–water partition coefficient (Wildman–Crippen LogP) is 1.87. The van der Waals surface area contributed by atoms with Crippen LogP contribution in [0.3, 0.4) is 0 Å². The molecular formula is C17H25ClN4O2S. The van der Waals surface area contributed by atoms with E-state index in [1.807, 2.05) is 7.05 Å². The number of carbonyl (C=O) groups is 1. The van der Waals surface area contributed by atoms with E-state index in [0.717, 1.165) is 42.4 Å². The zero-order chi connectivity index (χ0) is 16.9. The molecule has 138 valence electrons. The first-order valence-electron chi connectivity index (χ1n) is 8.61. The molecule has 0 aromatic carbocycles. The normalized spacial score (nSPS) is 13.3. The van der Waals surface area contributed by atoms with Gasteiger partial charge in [0.2, 0.25) is 5.91 Å². The summed E-state index contributed by atoms with van der Waals surface area (Å²) in [4.78, 5) is 31.3. The molecule has 2 aromatic rings. The Morgan fingerprint density at radius 2 is 2.12 bits per heavy atom. The van der Waals surface area contributed by atoms with Crippen molar-refractivity contribution in [3.8, 4) is 0 Å². The van der Waals surface area contributed by atoms with Crippen LogP contribution in [-0.4, -0.2) is 35.6 Å². The molecule has 0 saturated carbocycles. The summed E-state index contributed by atoms with van der Waals surface area (Å²) < 4.78 is 1.58. The van der Waals surface area contributed by atoms with Crippen LogP contribution in [0.25, 0.3) is 10.2 Å². The van der Waals surface area contributed by atoms with Crippen molar-refractivity contribution in [2.45, 2.75) is 45.1 Å². The van der Waals surface area contributed by atoms with E-state index in [1.165, 1.54) is 16.9 Å². The Morgan fingerprint density at radius 3 is 2.92 bits per heavy atom. The van der Waals surface area contributed by atoms with E-state index in [0.29, 0.717) is 19.5 Å². The van der Waals surface area contributed by atoms with E-state index in [-0.39, 0.29) is 23.9 Å². The van der Waals surface area contributed by atoms with Crippen molar-refractivity contribution < 1.29 is 4.79 Å². The number of thiophene rings is 1. The quantitative estimate of drug-likeness (QED) is 0.714. The molecule has 2 heterocycles. The fourth-order valence-electron chi connectivity index (χ4n) is 3.14. The van der Waals surface area contributed by atoms with Crippen LogP contribution >= 0.6 is 23.7 Å². The number of aryl methyl sites for hydroxylation is 3. The summed E-state index contributed by atoms with van der Waals surface area (Å²) >= 11 is 1.65. The molecular weight excluding hydrogens is 360 g/mol. The lowest BCUT2D eigenvalue weighted by Gasteiger charge is -2.10. The molecule has 0 fully saturated rings. The van der Waals surface area contributed by atoms with E-state index < -0.39 is 0 Å². The minimum atomic E-state index is -0.0227. The zero-order valence-electron chi connectivity index (χ0n) is 14.5. The van der Waals surface area contributed by atoms with Crippen molar-refractivity contribution in [2.24, 2.45) is 0 Å². The fourth-order valence-corrected chi connectivity index (χ4v) is 4.36. The first kappa shape index (κ1) is 19.9. The van der Waals surface area contributed by atoms with Gasteiger partial charge in [-0.3, -0.25) is 14.2 Å². The molecule has 0 atom stereocenters. The number of hydrogen-bond acceptors (Lipinski definition) is 5. The highest BCUT2D eigenvalue weighted by Crippen LogP contribution is 2.33. The number of amides is 1. The van der Waals surface area contributed by atoms with Gasteiger partial charge in [-0.2, -0.15) is 0 Å². The van der Waals surface area contributed by atoms with Crippen LogP contribution in [0.5, 0.6) is 0 Å². The van der Waals surface area contributed by atoms with Crippen molar-refractivity contribution >= 4 is 39.9 Å². The minimum absolute atomic E-state index is 0. The number of halogens is 1. The second-order valence-electron chi connectivity index (χ2n) is 6.19. The number of aromatic nitrogens is 2. The van der Waals surface area contributed by atoms with Gasteiger partial charge in [-0.25, -0.2) is 4.98 Å². The minimum Gasteiger partial charge on any atom is -0.356 e. The SMILES string of the molecule is CNCCCNC(=O)CCn1cnc2sc3c(c2c1=O)CCCC3.Cl. The number of nitrogens with one attached hydrogen (secondary N) is 2. The van der Waals surface area contributed by atoms with Gasteiger partial charge in [-0.1, -0.05) is 0 Å². The Bertz CT molecular complexity index is 787. The molecule has 0 unspecified atom stereocenters. The van der Waals surface area contributed by atoms with Gasteiger partial charge in [0, 0.05) is 24.4 Å². The van der Waals surface area contributed by atoms with Gasteiger partial charge in [-0.15, -0.1) is 23.7 Å². The number of nitrogens with zero attached hydrogens (tertiary/aromatic N) is 2. The maximum Gasteiger partial charge on any atom is 0.262 e. The van der Waals surface area contributed by atoms with Crippen LogP contribution in [0.2, 0.25) is 0 Å². The number of rotatable bonds is 7. The third-order valence-corrected chi connectivity index (χ3v) is 5.65. The molecule has 1 amide bonds. The Kier molecular flexibility index (Phi) is 7.40. The van der Waals surface area contributed by atoms with Crippen molar-refractivity contribution in [3.63, 3.8) is 0 Å². The Hall–Kier alpha value is -1.44. The summed E-state index contributed by atoms with van der Waals surface area (Å²) in [5, 5.41) is 6.70. The van der Waals surface area contributed by atoms with Gasteiger partial charge in [-0.05, 0) is 51.3 Å². The van der Waals surface area contributed by atoms with Crippen molar-refractivity contribution in [1.29, 1.82) is 0 Å². The molecule has 1 aliphatic rings. The van der Waals surface area contributed by atoms with Crippen LogP contribution in [-0.2, 0) is 24.2 Å². The molecule has 8 heteroatoms. The molecule has 0 spiro atoms. The topological polar surface area (TPSA) is 76.0 Å². The summed E-state index contributed by atoms with van der Waals surface area (Å²) in [6, 6.07) is 0. The fraction of sp³-hybridized carbons (Fsp3) is 0.588. The van der Waals surface area contributed by atoms with Gasteiger partial charge < -0.3 is 10.6 Å². The van der Waals surface area contributed by atoms with E-state index in [9.17, 15) is 9.59 Å². The third-order valence-electron chi connectivity index (χ3n) is 4.45. The molecule has 2 N–H and O–H groups in total. The Morgan fingerprint density at radius 1 is 1.32 bits per heavy atom. The van der Waals surface area contributed by atoms with Gasteiger partial charge in [0.05, 0.1) is 11.7 Å². The smallest absolute Gasteiger partial charge is 0.262 e.